The van der Waals surface area contributed by atoms with Crippen LogP contribution in [0.25, 0.3) is 11.0 Å². The number of carboxylic acids is 1. The number of carbonyl (C=O) groups is 1. The summed E-state index contributed by atoms with van der Waals surface area (Å²) >= 11 is 0. The molecular weight excluding hydrogens is 248 g/mol. The second-order valence-corrected chi connectivity index (χ2v) is 3.48. The number of fused-ring (bicyclic) bond motifs is 1. The van der Waals surface area contributed by atoms with Gasteiger partial charge in [-0.05, 0) is 6.92 Å². The molecule has 2 heterocycles. The Labute approximate surface area is 102 Å². The molecule has 7 nitrogen and oxygen atoms in total. The second kappa shape index (κ2) is 4.54. The van der Waals surface area contributed by atoms with Crippen molar-refractivity contribution >= 4 is 29.4 Å². The molecule has 2 rings (SSSR count). The lowest BCUT2D eigenvalue weighted by atomic mass is 10.3. The molecule has 0 radical (unpaired) electrons. The van der Waals surface area contributed by atoms with E-state index in [9.17, 15) is 9.59 Å². The Morgan fingerprint density at radius 2 is 2.18 bits per heavy atom. The third-order valence-corrected chi connectivity index (χ3v) is 2.29. The molecular formula is C9H11ClN4O3. The van der Waals surface area contributed by atoms with Crippen LogP contribution in [0.15, 0.2) is 11.1 Å². The lowest BCUT2D eigenvalue weighted by Crippen LogP contribution is -2.25. The van der Waals surface area contributed by atoms with Gasteiger partial charge in [0.1, 0.15) is 12.1 Å². The van der Waals surface area contributed by atoms with Crippen LogP contribution in [0.5, 0.6) is 0 Å². The van der Waals surface area contributed by atoms with Crippen molar-refractivity contribution < 1.29 is 9.90 Å². The largest absolute Gasteiger partial charge is 0.480 e. The average Bonchev–Trinajstić information content (AvgIpc) is 2.46. The van der Waals surface area contributed by atoms with Gasteiger partial charge in [0.25, 0.3) is 5.56 Å². The Kier molecular flexibility index (Phi) is 3.52. The van der Waals surface area contributed by atoms with Crippen molar-refractivity contribution in [3.63, 3.8) is 0 Å². The SMILES string of the molecule is Cc1nn(C)c2c(=O)n(CC(=O)O)cnc12.Cl. The summed E-state index contributed by atoms with van der Waals surface area (Å²) in [5.74, 6) is -1.08. The first-order chi connectivity index (χ1) is 7.50. The van der Waals surface area contributed by atoms with Crippen LogP contribution in [-0.2, 0) is 18.4 Å². The number of halogens is 1. The zero-order chi connectivity index (χ0) is 11.9. The zero-order valence-electron chi connectivity index (χ0n) is 9.25. The Morgan fingerprint density at radius 3 is 2.76 bits per heavy atom. The molecule has 0 unspecified atom stereocenters. The summed E-state index contributed by atoms with van der Waals surface area (Å²) in [6, 6.07) is 0. The van der Waals surface area contributed by atoms with Crippen molar-refractivity contribution in [1.82, 2.24) is 19.3 Å². The second-order valence-electron chi connectivity index (χ2n) is 3.48. The maximum atomic E-state index is 11.9. The van der Waals surface area contributed by atoms with Crippen LogP contribution in [0.1, 0.15) is 5.69 Å². The van der Waals surface area contributed by atoms with Crippen LogP contribution in [0.3, 0.4) is 0 Å². The third kappa shape index (κ3) is 2.14. The summed E-state index contributed by atoms with van der Waals surface area (Å²) in [6.07, 6.45) is 1.23. The molecule has 0 saturated heterocycles. The smallest absolute Gasteiger partial charge is 0.323 e. The fourth-order valence-corrected chi connectivity index (χ4v) is 1.62. The van der Waals surface area contributed by atoms with Crippen LogP contribution in [-0.4, -0.2) is 30.4 Å². The van der Waals surface area contributed by atoms with E-state index in [1.165, 1.54) is 11.0 Å². The molecule has 0 aliphatic heterocycles. The van der Waals surface area contributed by atoms with Gasteiger partial charge in [-0.1, -0.05) is 0 Å². The average molecular weight is 259 g/mol. The van der Waals surface area contributed by atoms with Crippen LogP contribution < -0.4 is 5.56 Å². The van der Waals surface area contributed by atoms with Gasteiger partial charge in [-0.2, -0.15) is 5.10 Å². The first kappa shape index (κ1) is 13.2. The van der Waals surface area contributed by atoms with Gasteiger partial charge in [-0.3, -0.25) is 18.8 Å². The highest BCUT2D eigenvalue weighted by Gasteiger charge is 2.13. The highest BCUT2D eigenvalue weighted by Crippen LogP contribution is 2.09. The number of rotatable bonds is 2. The Bertz CT molecular complexity index is 631. The lowest BCUT2D eigenvalue weighted by molar-refractivity contribution is -0.137. The summed E-state index contributed by atoms with van der Waals surface area (Å²) in [5.41, 5.74) is 1.09. The van der Waals surface area contributed by atoms with Gasteiger partial charge in [-0.25, -0.2) is 4.98 Å². The minimum atomic E-state index is -1.08. The highest BCUT2D eigenvalue weighted by atomic mass is 35.5. The molecule has 92 valence electrons. The number of aliphatic carboxylic acids is 1. The van der Waals surface area contributed by atoms with Crippen LogP contribution >= 0.6 is 12.4 Å². The first-order valence-electron chi connectivity index (χ1n) is 4.61. The van der Waals surface area contributed by atoms with Crippen molar-refractivity contribution in [3.8, 4) is 0 Å². The van der Waals surface area contributed by atoms with E-state index in [-0.39, 0.29) is 12.4 Å². The number of hydrogen-bond acceptors (Lipinski definition) is 4. The Balaban J connectivity index is 0.00000144. The lowest BCUT2D eigenvalue weighted by Gasteiger charge is -2.01. The van der Waals surface area contributed by atoms with Crippen molar-refractivity contribution in [1.29, 1.82) is 0 Å². The van der Waals surface area contributed by atoms with E-state index < -0.39 is 18.1 Å². The summed E-state index contributed by atoms with van der Waals surface area (Å²) in [6.45, 7) is 1.35. The van der Waals surface area contributed by atoms with E-state index in [4.69, 9.17) is 5.11 Å². The summed E-state index contributed by atoms with van der Waals surface area (Å²) in [5, 5.41) is 12.7. The maximum Gasteiger partial charge on any atom is 0.323 e. The Hall–Kier alpha value is -1.89. The van der Waals surface area contributed by atoms with Crippen molar-refractivity contribution in [2.75, 3.05) is 0 Å². The fourth-order valence-electron chi connectivity index (χ4n) is 1.62. The molecule has 0 bridgehead atoms. The molecule has 0 atom stereocenters. The van der Waals surface area contributed by atoms with Crippen LogP contribution in [0.4, 0.5) is 0 Å². The van der Waals surface area contributed by atoms with Gasteiger partial charge in [0.05, 0.1) is 12.0 Å². The van der Waals surface area contributed by atoms with Crippen molar-refractivity contribution in [3.05, 3.63) is 22.4 Å². The normalized spacial score (nSPS) is 10.2. The molecule has 17 heavy (non-hydrogen) atoms. The summed E-state index contributed by atoms with van der Waals surface area (Å²) in [7, 11) is 1.63. The van der Waals surface area contributed by atoms with Crippen LogP contribution in [0.2, 0.25) is 0 Å². The van der Waals surface area contributed by atoms with Gasteiger partial charge >= 0.3 is 5.97 Å². The molecule has 8 heteroatoms. The summed E-state index contributed by atoms with van der Waals surface area (Å²) < 4.78 is 2.46. The molecule has 0 aliphatic carbocycles. The van der Waals surface area contributed by atoms with Gasteiger partial charge in [-0.15, -0.1) is 12.4 Å². The fraction of sp³-hybridized carbons (Fsp3) is 0.333. The minimum absolute atomic E-state index is 0. The molecule has 2 aromatic heterocycles. The number of aryl methyl sites for hydroxylation is 2. The number of carboxylic acid groups (broad SMARTS) is 1. The third-order valence-electron chi connectivity index (χ3n) is 2.29. The molecule has 0 aliphatic rings. The van der Waals surface area contributed by atoms with Gasteiger partial charge in [0.15, 0.2) is 5.52 Å². The van der Waals surface area contributed by atoms with Crippen LogP contribution in [0, 0.1) is 6.92 Å². The minimum Gasteiger partial charge on any atom is -0.480 e. The highest BCUT2D eigenvalue weighted by molar-refractivity contribution is 5.85. The molecule has 0 aromatic carbocycles. The molecule has 0 amide bonds. The van der Waals surface area contributed by atoms with E-state index in [0.29, 0.717) is 16.7 Å². The van der Waals surface area contributed by atoms with E-state index in [1.54, 1.807) is 14.0 Å². The van der Waals surface area contributed by atoms with Gasteiger partial charge in [0.2, 0.25) is 0 Å². The number of nitrogens with zero attached hydrogens (tertiary/aromatic N) is 4. The molecule has 0 fully saturated rings. The van der Waals surface area contributed by atoms with Crippen molar-refractivity contribution in [2.24, 2.45) is 7.05 Å². The standard InChI is InChI=1S/C9H10N4O3.ClH/c1-5-7-8(12(2)11-5)9(16)13(4-10-7)3-6(14)15;/h4H,3H2,1-2H3,(H,14,15);1H. The monoisotopic (exact) mass is 258 g/mol. The van der Waals surface area contributed by atoms with Gasteiger partial charge < -0.3 is 5.11 Å². The zero-order valence-corrected chi connectivity index (χ0v) is 10.1. The summed E-state index contributed by atoms with van der Waals surface area (Å²) in [4.78, 5) is 26.5. The predicted molar refractivity (Wildman–Crippen MR) is 62.4 cm³/mol. The van der Waals surface area contributed by atoms with E-state index in [2.05, 4.69) is 10.1 Å². The molecule has 1 N–H and O–H groups in total. The number of hydrogen-bond donors (Lipinski definition) is 1. The molecule has 2 aromatic rings. The Morgan fingerprint density at radius 1 is 1.53 bits per heavy atom. The quantitative estimate of drug-likeness (QED) is 0.815. The molecule has 0 spiro atoms. The van der Waals surface area contributed by atoms with E-state index in [0.717, 1.165) is 4.57 Å². The maximum absolute atomic E-state index is 11.9. The van der Waals surface area contributed by atoms with Crippen molar-refractivity contribution in [2.45, 2.75) is 13.5 Å². The number of aromatic nitrogens is 4. The van der Waals surface area contributed by atoms with E-state index >= 15 is 0 Å². The predicted octanol–water partition coefficient (Wildman–Crippen LogP) is -0.0552. The molecule has 0 saturated carbocycles. The van der Waals surface area contributed by atoms with E-state index in [1.807, 2.05) is 0 Å². The first-order valence-corrected chi connectivity index (χ1v) is 4.61. The topological polar surface area (TPSA) is 90.0 Å². The van der Waals surface area contributed by atoms with Gasteiger partial charge in [0, 0.05) is 7.05 Å².